The number of benzene rings is 1. The van der Waals surface area contributed by atoms with E-state index in [1.807, 2.05) is 0 Å². The van der Waals surface area contributed by atoms with Gasteiger partial charge in [-0.25, -0.2) is 0 Å². The van der Waals surface area contributed by atoms with E-state index in [4.69, 9.17) is 5.73 Å². The van der Waals surface area contributed by atoms with Crippen LogP contribution in [0.1, 0.15) is 56.1 Å². The van der Waals surface area contributed by atoms with E-state index in [-0.39, 0.29) is 23.7 Å². The van der Waals surface area contributed by atoms with E-state index >= 15 is 0 Å². The van der Waals surface area contributed by atoms with Crippen molar-refractivity contribution < 1.29 is 4.79 Å². The van der Waals surface area contributed by atoms with Gasteiger partial charge in [-0.3, -0.25) is 4.79 Å². The monoisotopic (exact) mass is 322 g/mol. The van der Waals surface area contributed by atoms with Crippen molar-refractivity contribution in [2.24, 2.45) is 5.73 Å². The van der Waals surface area contributed by atoms with Crippen LogP contribution >= 0.6 is 12.4 Å². The molecule has 2 aliphatic carbocycles. The van der Waals surface area contributed by atoms with Gasteiger partial charge in [-0.05, 0) is 43.7 Å². The summed E-state index contributed by atoms with van der Waals surface area (Å²) < 4.78 is 0. The number of nitrogens with one attached hydrogen (secondary N) is 1. The maximum absolute atomic E-state index is 12.2. The lowest BCUT2D eigenvalue weighted by Crippen LogP contribution is -2.49. The minimum absolute atomic E-state index is 0. The van der Waals surface area contributed by atoms with Crippen LogP contribution in [-0.2, 0) is 10.2 Å². The van der Waals surface area contributed by atoms with Gasteiger partial charge in [0.15, 0.2) is 0 Å². The van der Waals surface area contributed by atoms with E-state index in [2.05, 4.69) is 36.5 Å². The van der Waals surface area contributed by atoms with Gasteiger partial charge in [-0.2, -0.15) is 0 Å². The SMILES string of the molecule is Cc1ccccc1C1(CNC(=O)C2(N)CC2)CCCCC1.Cl. The Kier molecular flexibility index (Phi) is 5.18. The molecular formula is C18H27ClN2O. The topological polar surface area (TPSA) is 55.1 Å². The molecule has 4 heteroatoms. The predicted octanol–water partition coefficient (Wildman–Crippen LogP) is 3.23. The molecule has 0 aromatic heterocycles. The van der Waals surface area contributed by atoms with Crippen molar-refractivity contribution in [1.82, 2.24) is 5.32 Å². The number of carbonyl (C=O) groups excluding carboxylic acids is 1. The van der Waals surface area contributed by atoms with Crippen LogP contribution in [-0.4, -0.2) is 18.0 Å². The fraction of sp³-hybridized carbons (Fsp3) is 0.611. The van der Waals surface area contributed by atoms with Crippen molar-refractivity contribution in [3.05, 3.63) is 35.4 Å². The molecule has 1 aromatic rings. The Balaban J connectivity index is 0.00000176. The summed E-state index contributed by atoms with van der Waals surface area (Å²) in [5.41, 5.74) is 8.28. The first-order valence-corrected chi connectivity index (χ1v) is 8.19. The molecule has 3 N–H and O–H groups in total. The second kappa shape index (κ2) is 6.59. The summed E-state index contributed by atoms with van der Waals surface area (Å²) in [4.78, 5) is 12.2. The standard InChI is InChI=1S/C18H26N2O.ClH/c1-14-7-3-4-8-15(14)17(9-5-2-6-10-17)13-20-16(21)18(19)11-12-18;/h3-4,7-8H,2,5-6,9-13,19H2,1H3,(H,20,21);1H. The maximum atomic E-state index is 12.2. The molecule has 0 heterocycles. The van der Waals surface area contributed by atoms with Crippen molar-refractivity contribution in [3.63, 3.8) is 0 Å². The quantitative estimate of drug-likeness (QED) is 0.894. The van der Waals surface area contributed by atoms with Crippen molar-refractivity contribution in [2.75, 3.05) is 6.54 Å². The molecule has 1 aromatic carbocycles. The zero-order valence-corrected chi connectivity index (χ0v) is 14.2. The number of rotatable bonds is 4. The summed E-state index contributed by atoms with van der Waals surface area (Å²) in [5, 5.41) is 3.16. The second-order valence-corrected chi connectivity index (χ2v) is 6.99. The van der Waals surface area contributed by atoms with Gasteiger partial charge in [-0.15, -0.1) is 12.4 Å². The average molecular weight is 323 g/mol. The van der Waals surface area contributed by atoms with E-state index in [1.54, 1.807) is 0 Å². The number of halogens is 1. The summed E-state index contributed by atoms with van der Waals surface area (Å²) in [6, 6.07) is 8.62. The molecule has 1 amide bonds. The van der Waals surface area contributed by atoms with Crippen molar-refractivity contribution >= 4 is 18.3 Å². The highest BCUT2D eigenvalue weighted by Crippen LogP contribution is 2.41. The van der Waals surface area contributed by atoms with Crippen LogP contribution < -0.4 is 11.1 Å². The van der Waals surface area contributed by atoms with Crippen LogP contribution in [0.4, 0.5) is 0 Å². The highest BCUT2D eigenvalue weighted by Gasteiger charge is 2.46. The molecule has 2 saturated carbocycles. The van der Waals surface area contributed by atoms with Crippen LogP contribution in [0, 0.1) is 6.92 Å². The highest BCUT2D eigenvalue weighted by molar-refractivity contribution is 5.89. The zero-order chi connectivity index (χ0) is 14.9. The lowest BCUT2D eigenvalue weighted by Gasteiger charge is -2.39. The Morgan fingerprint density at radius 3 is 2.36 bits per heavy atom. The average Bonchev–Trinajstić information content (AvgIpc) is 3.25. The zero-order valence-electron chi connectivity index (χ0n) is 13.4. The molecule has 0 radical (unpaired) electrons. The summed E-state index contributed by atoms with van der Waals surface area (Å²) in [5.74, 6) is 0.0426. The third-order valence-corrected chi connectivity index (χ3v) is 5.36. The van der Waals surface area contributed by atoms with Crippen LogP contribution in [0.3, 0.4) is 0 Å². The molecule has 0 spiro atoms. The number of aryl methyl sites for hydroxylation is 1. The number of nitrogens with two attached hydrogens (primary N) is 1. The Morgan fingerprint density at radius 1 is 1.14 bits per heavy atom. The Bertz CT molecular complexity index is 534. The summed E-state index contributed by atoms with van der Waals surface area (Å²) in [6.45, 7) is 2.91. The molecule has 3 rings (SSSR count). The molecule has 0 bridgehead atoms. The number of hydrogen-bond donors (Lipinski definition) is 2. The Morgan fingerprint density at radius 2 is 1.77 bits per heavy atom. The van der Waals surface area contributed by atoms with Gasteiger partial charge in [-0.1, -0.05) is 43.5 Å². The van der Waals surface area contributed by atoms with Gasteiger partial charge in [0.25, 0.3) is 0 Å². The molecule has 0 atom stereocenters. The van der Waals surface area contributed by atoms with Gasteiger partial charge < -0.3 is 11.1 Å². The van der Waals surface area contributed by atoms with Crippen LogP contribution in [0.5, 0.6) is 0 Å². The van der Waals surface area contributed by atoms with Crippen molar-refractivity contribution in [1.29, 1.82) is 0 Å². The fourth-order valence-corrected chi connectivity index (χ4v) is 3.73. The lowest BCUT2D eigenvalue weighted by molar-refractivity contribution is -0.123. The third-order valence-electron chi connectivity index (χ3n) is 5.36. The molecule has 3 nitrogen and oxygen atoms in total. The Hall–Kier alpha value is -1.06. The first-order valence-electron chi connectivity index (χ1n) is 8.19. The second-order valence-electron chi connectivity index (χ2n) is 6.99. The number of amides is 1. The van der Waals surface area contributed by atoms with E-state index in [1.165, 1.54) is 30.4 Å². The van der Waals surface area contributed by atoms with Crippen LogP contribution in [0.25, 0.3) is 0 Å². The predicted molar refractivity (Wildman–Crippen MR) is 92.4 cm³/mol. The summed E-state index contributed by atoms with van der Waals surface area (Å²) in [7, 11) is 0. The largest absolute Gasteiger partial charge is 0.354 e. The van der Waals surface area contributed by atoms with E-state index in [0.29, 0.717) is 0 Å². The lowest BCUT2D eigenvalue weighted by atomic mass is 9.68. The van der Waals surface area contributed by atoms with Crippen molar-refractivity contribution in [3.8, 4) is 0 Å². The van der Waals surface area contributed by atoms with E-state index < -0.39 is 5.54 Å². The molecule has 0 saturated heterocycles. The molecule has 0 unspecified atom stereocenters. The Labute approximate surface area is 139 Å². The molecular weight excluding hydrogens is 296 g/mol. The van der Waals surface area contributed by atoms with Gasteiger partial charge >= 0.3 is 0 Å². The van der Waals surface area contributed by atoms with Gasteiger partial charge in [0.1, 0.15) is 0 Å². The fourth-order valence-electron chi connectivity index (χ4n) is 3.73. The summed E-state index contributed by atoms with van der Waals surface area (Å²) in [6.07, 6.45) is 7.79. The minimum Gasteiger partial charge on any atom is -0.354 e. The van der Waals surface area contributed by atoms with Gasteiger partial charge in [0, 0.05) is 12.0 Å². The highest BCUT2D eigenvalue weighted by atomic mass is 35.5. The molecule has 2 fully saturated rings. The normalized spacial score (nSPS) is 21.5. The number of hydrogen-bond acceptors (Lipinski definition) is 2. The van der Waals surface area contributed by atoms with Crippen LogP contribution in [0.15, 0.2) is 24.3 Å². The van der Waals surface area contributed by atoms with Gasteiger partial charge in [0.2, 0.25) is 5.91 Å². The first kappa shape index (κ1) is 17.3. The molecule has 122 valence electrons. The van der Waals surface area contributed by atoms with Crippen molar-refractivity contribution in [2.45, 2.75) is 62.8 Å². The smallest absolute Gasteiger partial charge is 0.240 e. The van der Waals surface area contributed by atoms with E-state index in [9.17, 15) is 4.79 Å². The minimum atomic E-state index is -0.568. The van der Waals surface area contributed by atoms with Crippen LogP contribution in [0.2, 0.25) is 0 Å². The third kappa shape index (κ3) is 3.31. The molecule has 22 heavy (non-hydrogen) atoms. The summed E-state index contributed by atoms with van der Waals surface area (Å²) >= 11 is 0. The molecule has 0 aliphatic heterocycles. The molecule has 2 aliphatic rings. The maximum Gasteiger partial charge on any atom is 0.240 e. The number of carbonyl (C=O) groups is 1. The van der Waals surface area contributed by atoms with Gasteiger partial charge in [0.05, 0.1) is 5.54 Å². The van der Waals surface area contributed by atoms with E-state index in [0.717, 1.165) is 32.2 Å². The first-order chi connectivity index (χ1) is 10.1.